The first-order chi connectivity index (χ1) is 14.7. The van der Waals surface area contributed by atoms with Crippen LogP contribution >= 0.6 is 24.0 Å². The third-order valence-corrected chi connectivity index (χ3v) is 5.41. The molecule has 2 amide bonds. The van der Waals surface area contributed by atoms with Crippen LogP contribution in [-0.4, -0.2) is 55.4 Å². The van der Waals surface area contributed by atoms with E-state index in [4.69, 9.17) is 0 Å². The number of hydrogen-bond donors (Lipinski definition) is 3. The van der Waals surface area contributed by atoms with Crippen molar-refractivity contribution >= 4 is 41.8 Å². The molecule has 0 aromatic heterocycles. The van der Waals surface area contributed by atoms with Crippen molar-refractivity contribution in [1.29, 1.82) is 0 Å². The molecule has 1 aromatic carbocycles. The number of hydrogen-bond acceptors (Lipinski definition) is 3. The Labute approximate surface area is 202 Å². The van der Waals surface area contributed by atoms with E-state index in [1.807, 2.05) is 24.3 Å². The lowest BCUT2D eigenvalue weighted by Gasteiger charge is -2.26. The van der Waals surface area contributed by atoms with Crippen LogP contribution < -0.4 is 16.0 Å². The van der Waals surface area contributed by atoms with E-state index in [1.54, 1.807) is 10.5 Å². The molecule has 0 spiro atoms. The minimum absolute atomic E-state index is 0. The number of aliphatic imine (C=N–C) groups is 1. The summed E-state index contributed by atoms with van der Waals surface area (Å²) in [5.41, 5.74) is 3.19. The molecule has 170 valence electrons. The van der Waals surface area contributed by atoms with Crippen molar-refractivity contribution in [3.8, 4) is 0 Å². The Morgan fingerprint density at radius 1 is 1.19 bits per heavy atom. The quantitative estimate of drug-likeness (QED) is 0.215. The highest BCUT2D eigenvalue weighted by Crippen LogP contribution is 2.19. The van der Waals surface area contributed by atoms with Crippen LogP contribution in [0.25, 0.3) is 0 Å². The molecule has 0 saturated carbocycles. The van der Waals surface area contributed by atoms with E-state index in [0.717, 1.165) is 31.0 Å². The summed E-state index contributed by atoms with van der Waals surface area (Å²) in [7, 11) is 0. The minimum atomic E-state index is -0.108. The van der Waals surface area contributed by atoms with Crippen LogP contribution in [0.2, 0.25) is 0 Å². The summed E-state index contributed by atoms with van der Waals surface area (Å²) in [5.74, 6) is 0.601. The van der Waals surface area contributed by atoms with Crippen LogP contribution in [0.3, 0.4) is 0 Å². The Morgan fingerprint density at radius 2 is 2.00 bits per heavy atom. The van der Waals surface area contributed by atoms with E-state index >= 15 is 0 Å². The number of halogens is 1. The van der Waals surface area contributed by atoms with E-state index in [9.17, 15) is 9.59 Å². The molecule has 8 heteroatoms. The summed E-state index contributed by atoms with van der Waals surface area (Å²) >= 11 is 0. The molecule has 3 rings (SSSR count). The summed E-state index contributed by atoms with van der Waals surface area (Å²) in [6.45, 7) is 5.47. The SMILES string of the molecule is CCNC(=NCc1ccc(C(=O)N2CCNC(=O)C2)cc1)NCCC1=CCCCC1.I. The molecule has 1 heterocycles. The van der Waals surface area contributed by atoms with Gasteiger partial charge in [-0.05, 0) is 56.7 Å². The summed E-state index contributed by atoms with van der Waals surface area (Å²) < 4.78 is 0. The Balaban J connectivity index is 0.00000341. The zero-order valence-electron chi connectivity index (χ0n) is 18.3. The molecule has 1 fully saturated rings. The number of nitrogens with one attached hydrogen (secondary N) is 3. The second-order valence-electron chi connectivity index (χ2n) is 7.75. The molecule has 7 nitrogen and oxygen atoms in total. The Morgan fingerprint density at radius 3 is 2.68 bits per heavy atom. The molecule has 3 N–H and O–H groups in total. The van der Waals surface area contributed by atoms with Gasteiger partial charge in [0.25, 0.3) is 5.91 Å². The maximum absolute atomic E-state index is 12.6. The highest BCUT2D eigenvalue weighted by molar-refractivity contribution is 14.0. The molecule has 0 radical (unpaired) electrons. The molecule has 1 saturated heterocycles. The highest BCUT2D eigenvalue weighted by Gasteiger charge is 2.22. The first-order valence-electron chi connectivity index (χ1n) is 11.0. The van der Waals surface area contributed by atoms with Gasteiger partial charge in [-0.25, -0.2) is 4.99 Å². The number of rotatable bonds is 7. The van der Waals surface area contributed by atoms with Gasteiger partial charge in [0.05, 0.1) is 13.1 Å². The van der Waals surface area contributed by atoms with Crippen LogP contribution in [0.4, 0.5) is 0 Å². The smallest absolute Gasteiger partial charge is 0.254 e. The predicted octanol–water partition coefficient (Wildman–Crippen LogP) is 2.82. The molecule has 0 bridgehead atoms. The molecule has 2 aliphatic rings. The lowest BCUT2D eigenvalue weighted by atomic mass is 9.97. The molecular weight excluding hydrogens is 505 g/mol. The maximum atomic E-state index is 12.6. The number of piperazine rings is 1. The van der Waals surface area contributed by atoms with E-state index < -0.39 is 0 Å². The second-order valence-corrected chi connectivity index (χ2v) is 7.75. The van der Waals surface area contributed by atoms with E-state index in [-0.39, 0.29) is 42.3 Å². The van der Waals surface area contributed by atoms with Gasteiger partial charge in [-0.15, -0.1) is 24.0 Å². The molecule has 1 aliphatic carbocycles. The Kier molecular flexibility index (Phi) is 10.8. The van der Waals surface area contributed by atoms with E-state index in [1.165, 1.54) is 25.7 Å². The first kappa shape index (κ1) is 25.2. The molecule has 1 aliphatic heterocycles. The number of amides is 2. The van der Waals surface area contributed by atoms with Crippen molar-refractivity contribution in [3.63, 3.8) is 0 Å². The number of allylic oxidation sites excluding steroid dienone is 1. The topological polar surface area (TPSA) is 85.8 Å². The fourth-order valence-corrected chi connectivity index (χ4v) is 3.73. The van der Waals surface area contributed by atoms with Gasteiger partial charge in [0.2, 0.25) is 5.91 Å². The van der Waals surface area contributed by atoms with E-state index in [2.05, 4.69) is 33.9 Å². The van der Waals surface area contributed by atoms with Crippen LogP contribution in [0.5, 0.6) is 0 Å². The van der Waals surface area contributed by atoms with Crippen molar-refractivity contribution < 1.29 is 9.59 Å². The summed E-state index contributed by atoms with van der Waals surface area (Å²) in [6.07, 6.45) is 8.52. The summed E-state index contributed by atoms with van der Waals surface area (Å²) in [4.78, 5) is 30.3. The molecule has 1 aromatic rings. The van der Waals surface area contributed by atoms with E-state index in [0.29, 0.717) is 25.2 Å². The lowest BCUT2D eigenvalue weighted by molar-refractivity contribution is -0.123. The molecule has 0 unspecified atom stereocenters. The Bertz CT molecular complexity index is 792. The highest BCUT2D eigenvalue weighted by atomic mass is 127. The van der Waals surface area contributed by atoms with Gasteiger partial charge in [0.15, 0.2) is 5.96 Å². The van der Waals surface area contributed by atoms with Crippen molar-refractivity contribution in [2.45, 2.75) is 45.6 Å². The molecule has 31 heavy (non-hydrogen) atoms. The zero-order valence-corrected chi connectivity index (χ0v) is 20.6. The molecule has 0 atom stereocenters. The minimum Gasteiger partial charge on any atom is -0.357 e. The normalized spacial score (nSPS) is 16.7. The number of nitrogens with zero attached hydrogens (tertiary/aromatic N) is 2. The first-order valence-corrected chi connectivity index (χ1v) is 11.0. The largest absolute Gasteiger partial charge is 0.357 e. The van der Waals surface area contributed by atoms with Gasteiger partial charge >= 0.3 is 0 Å². The van der Waals surface area contributed by atoms with Crippen LogP contribution in [0, 0.1) is 0 Å². The average molecular weight is 539 g/mol. The van der Waals surface area contributed by atoms with Gasteiger partial charge in [0.1, 0.15) is 0 Å². The van der Waals surface area contributed by atoms with Gasteiger partial charge in [-0.2, -0.15) is 0 Å². The van der Waals surface area contributed by atoms with Crippen molar-refractivity contribution in [3.05, 3.63) is 47.0 Å². The number of benzene rings is 1. The fourth-order valence-electron chi connectivity index (χ4n) is 3.73. The number of carbonyl (C=O) groups excluding carboxylic acids is 2. The third kappa shape index (κ3) is 8.16. The van der Waals surface area contributed by atoms with Gasteiger partial charge in [-0.1, -0.05) is 23.8 Å². The van der Waals surface area contributed by atoms with Crippen LogP contribution in [0.15, 0.2) is 40.9 Å². The molecular formula is C23H34IN5O2. The van der Waals surface area contributed by atoms with Crippen molar-refractivity contribution in [2.24, 2.45) is 4.99 Å². The van der Waals surface area contributed by atoms with Crippen molar-refractivity contribution in [1.82, 2.24) is 20.9 Å². The predicted molar refractivity (Wildman–Crippen MR) is 135 cm³/mol. The van der Waals surface area contributed by atoms with Crippen molar-refractivity contribution in [2.75, 3.05) is 32.7 Å². The number of carbonyl (C=O) groups is 2. The summed E-state index contributed by atoms with van der Waals surface area (Å²) in [5, 5.41) is 9.44. The average Bonchev–Trinajstić information content (AvgIpc) is 2.78. The Hall–Kier alpha value is -2.10. The second kappa shape index (κ2) is 13.3. The van der Waals surface area contributed by atoms with Gasteiger partial charge in [0, 0.05) is 31.7 Å². The standard InChI is InChI=1S/C23H33N5O2.HI/c1-2-24-23(26-13-12-18-6-4-3-5-7-18)27-16-19-8-10-20(11-9-19)22(30)28-15-14-25-21(29)17-28;/h6,8-11H,2-5,7,12-17H2,1H3,(H,25,29)(H2,24,26,27);1H. The van der Waals surface area contributed by atoms with Gasteiger partial charge < -0.3 is 20.9 Å². The van der Waals surface area contributed by atoms with Gasteiger partial charge in [-0.3, -0.25) is 9.59 Å². The van der Waals surface area contributed by atoms with Crippen LogP contribution in [-0.2, 0) is 11.3 Å². The third-order valence-electron chi connectivity index (χ3n) is 5.41. The van der Waals surface area contributed by atoms with Crippen LogP contribution in [0.1, 0.15) is 54.9 Å². The zero-order chi connectivity index (χ0) is 21.2. The number of guanidine groups is 1. The fraction of sp³-hybridized carbons (Fsp3) is 0.522. The maximum Gasteiger partial charge on any atom is 0.254 e. The monoisotopic (exact) mass is 539 g/mol. The lowest BCUT2D eigenvalue weighted by Crippen LogP contribution is -2.49. The summed E-state index contributed by atoms with van der Waals surface area (Å²) in [6, 6.07) is 7.49.